The zero-order valence-corrected chi connectivity index (χ0v) is 10.6. The van der Waals surface area contributed by atoms with E-state index in [1.54, 1.807) is 0 Å². The van der Waals surface area contributed by atoms with Gasteiger partial charge in [-0.15, -0.1) is 0 Å². The lowest BCUT2D eigenvalue weighted by Crippen LogP contribution is -2.28. The summed E-state index contributed by atoms with van der Waals surface area (Å²) in [7, 11) is -0.754. The smallest absolute Gasteiger partial charge is 0.208 e. The van der Waals surface area contributed by atoms with Crippen molar-refractivity contribution in [3.63, 3.8) is 0 Å². The van der Waals surface area contributed by atoms with E-state index in [0.29, 0.717) is 0 Å². The van der Waals surface area contributed by atoms with Crippen molar-refractivity contribution in [3.05, 3.63) is 0 Å². The van der Waals surface area contributed by atoms with E-state index in [2.05, 4.69) is 37.0 Å². The van der Waals surface area contributed by atoms with Crippen LogP contribution in [0.15, 0.2) is 0 Å². The van der Waals surface area contributed by atoms with Crippen LogP contribution in [0.5, 0.6) is 0 Å². The molecule has 0 aliphatic heterocycles. The summed E-state index contributed by atoms with van der Waals surface area (Å²) in [5.41, 5.74) is 0. The predicted octanol–water partition coefficient (Wildman–Crippen LogP) is 3.07. The van der Waals surface area contributed by atoms with Crippen molar-refractivity contribution in [3.8, 4) is 0 Å². The van der Waals surface area contributed by atoms with E-state index < -0.39 is 8.45 Å². The second-order valence-corrected chi connectivity index (χ2v) is 4.79. The fourth-order valence-corrected chi connectivity index (χ4v) is 3.22. The van der Waals surface area contributed by atoms with E-state index in [1.165, 1.54) is 0 Å². The lowest BCUT2D eigenvalue weighted by molar-refractivity contribution is 0.369. The summed E-state index contributed by atoms with van der Waals surface area (Å²) in [4.78, 5) is 0. The van der Waals surface area contributed by atoms with Crippen molar-refractivity contribution >= 4 is 20.3 Å². The first-order valence-corrected chi connectivity index (χ1v) is 6.30. The minimum Gasteiger partial charge on any atom is -0.247 e. The molecule has 0 radical (unpaired) electrons. The number of hydrogen-bond acceptors (Lipinski definition) is 3. The normalized spacial score (nSPS) is 12.0. The van der Waals surface area contributed by atoms with Gasteiger partial charge in [-0.2, -0.15) is 0 Å². The van der Waals surface area contributed by atoms with E-state index in [0.717, 1.165) is 26.2 Å². The number of nitrogens with zero attached hydrogens (tertiary/aromatic N) is 2. The minimum absolute atomic E-state index is 0.754. The van der Waals surface area contributed by atoms with Gasteiger partial charge in [-0.1, -0.05) is 27.7 Å². The molecule has 0 saturated heterocycles. The fourth-order valence-electron chi connectivity index (χ4n) is 1.20. The summed E-state index contributed by atoms with van der Waals surface area (Å²) in [6.07, 6.45) is 0. The fraction of sp³-hybridized carbons (Fsp3) is 1.00. The molecule has 0 amide bonds. The maximum absolute atomic E-state index is 5.52. The van der Waals surface area contributed by atoms with Crippen molar-refractivity contribution in [2.45, 2.75) is 27.7 Å². The van der Waals surface area contributed by atoms with Crippen LogP contribution in [0.25, 0.3) is 0 Å². The van der Waals surface area contributed by atoms with Crippen LogP contribution < -0.4 is 0 Å². The first-order valence-electron chi connectivity index (χ1n) is 4.83. The van der Waals surface area contributed by atoms with Crippen LogP contribution in [0, 0.1) is 0 Å². The first-order chi connectivity index (χ1) is 6.24. The molecule has 0 aliphatic carbocycles. The average molecular weight is 227 g/mol. The zero-order valence-electron chi connectivity index (χ0n) is 8.96. The number of hydrogen-bond donors (Lipinski definition) is 0. The topological polar surface area (TPSA) is 15.7 Å². The summed E-state index contributed by atoms with van der Waals surface area (Å²) >= 11 is 5.52. The molecule has 5 heteroatoms. The molecule has 0 fully saturated rings. The molecule has 3 nitrogen and oxygen atoms in total. The molecule has 0 spiro atoms. The zero-order chi connectivity index (χ0) is 10.3. The van der Waals surface area contributed by atoms with Gasteiger partial charge in [0.25, 0.3) is 0 Å². The van der Waals surface area contributed by atoms with Crippen LogP contribution in [-0.2, 0) is 4.08 Å². The second kappa shape index (κ2) is 7.95. The number of halogens is 1. The van der Waals surface area contributed by atoms with Crippen molar-refractivity contribution < 1.29 is 4.08 Å². The Hall–Kier alpha value is 0.600. The summed E-state index contributed by atoms with van der Waals surface area (Å²) in [5, 5.41) is 0. The van der Waals surface area contributed by atoms with Crippen LogP contribution in [0.2, 0.25) is 0 Å². The van der Waals surface area contributed by atoms with E-state index in [4.69, 9.17) is 15.9 Å². The van der Waals surface area contributed by atoms with Crippen LogP contribution >= 0.6 is 20.3 Å². The Morgan fingerprint density at radius 3 is 1.38 bits per heavy atom. The lowest BCUT2D eigenvalue weighted by atomic mass is 10.7. The Morgan fingerprint density at radius 2 is 1.23 bits per heavy atom. The molecule has 0 heterocycles. The van der Waals surface area contributed by atoms with Crippen LogP contribution in [-0.4, -0.2) is 35.5 Å². The van der Waals surface area contributed by atoms with Gasteiger partial charge in [0.1, 0.15) is 0 Å². The standard InChI is InChI=1S/C8H20ClN2OP/c1-5-10(6-2)13(12-9)11(7-3)8-4/h5-8H2,1-4H3. The molecular weight excluding hydrogens is 207 g/mol. The summed E-state index contributed by atoms with van der Waals surface area (Å²) in [6, 6.07) is 0. The Balaban J connectivity index is 4.26. The van der Waals surface area contributed by atoms with Gasteiger partial charge in [0.05, 0.1) is 11.9 Å². The van der Waals surface area contributed by atoms with Gasteiger partial charge in [-0.05, 0) is 0 Å². The average Bonchev–Trinajstić information content (AvgIpc) is 2.18. The highest BCUT2D eigenvalue weighted by Gasteiger charge is 2.22. The van der Waals surface area contributed by atoms with Crippen LogP contribution in [0.3, 0.4) is 0 Å². The van der Waals surface area contributed by atoms with Crippen molar-refractivity contribution in [1.82, 2.24) is 9.34 Å². The monoisotopic (exact) mass is 226 g/mol. The first kappa shape index (κ1) is 13.6. The molecular formula is C8H20ClN2OP. The third-order valence-electron chi connectivity index (χ3n) is 2.01. The van der Waals surface area contributed by atoms with Gasteiger partial charge in [-0.25, -0.2) is 13.4 Å². The highest BCUT2D eigenvalue weighted by molar-refractivity contribution is 7.48. The van der Waals surface area contributed by atoms with Crippen molar-refractivity contribution in [1.29, 1.82) is 0 Å². The minimum atomic E-state index is -0.754. The van der Waals surface area contributed by atoms with Gasteiger partial charge in [0.2, 0.25) is 8.45 Å². The third kappa shape index (κ3) is 4.09. The molecule has 0 aromatic carbocycles. The van der Waals surface area contributed by atoms with E-state index >= 15 is 0 Å². The molecule has 0 N–H and O–H groups in total. The van der Waals surface area contributed by atoms with Gasteiger partial charge >= 0.3 is 0 Å². The summed E-state index contributed by atoms with van der Waals surface area (Å²) in [5.74, 6) is 0. The Bertz CT molecular complexity index is 109. The molecule has 0 aliphatic rings. The van der Waals surface area contributed by atoms with Crippen molar-refractivity contribution in [2.75, 3.05) is 26.2 Å². The van der Waals surface area contributed by atoms with Crippen LogP contribution in [0.1, 0.15) is 27.7 Å². The molecule has 13 heavy (non-hydrogen) atoms. The maximum Gasteiger partial charge on any atom is 0.208 e. The van der Waals surface area contributed by atoms with Gasteiger partial charge in [0, 0.05) is 26.2 Å². The predicted molar refractivity (Wildman–Crippen MR) is 59.7 cm³/mol. The Kier molecular flexibility index (Phi) is 8.32. The van der Waals surface area contributed by atoms with E-state index in [1.807, 2.05) is 0 Å². The summed E-state index contributed by atoms with van der Waals surface area (Å²) in [6.45, 7) is 12.4. The van der Waals surface area contributed by atoms with Gasteiger partial charge in [-0.3, -0.25) is 0 Å². The lowest BCUT2D eigenvalue weighted by Gasteiger charge is -2.33. The van der Waals surface area contributed by atoms with Gasteiger partial charge < -0.3 is 0 Å². The molecule has 80 valence electrons. The molecule has 0 aromatic rings. The molecule has 0 unspecified atom stereocenters. The second-order valence-electron chi connectivity index (χ2n) is 2.60. The molecule has 0 saturated carbocycles. The largest absolute Gasteiger partial charge is 0.247 e. The highest BCUT2D eigenvalue weighted by Crippen LogP contribution is 2.45. The van der Waals surface area contributed by atoms with Crippen molar-refractivity contribution in [2.24, 2.45) is 0 Å². The van der Waals surface area contributed by atoms with Crippen LogP contribution in [0.4, 0.5) is 0 Å². The SMILES string of the molecule is CCN(CC)P(OCl)N(CC)CC. The molecule has 0 atom stereocenters. The molecule has 0 rings (SSSR count). The Morgan fingerprint density at radius 1 is 0.923 bits per heavy atom. The van der Waals surface area contributed by atoms with E-state index in [9.17, 15) is 0 Å². The summed E-state index contributed by atoms with van der Waals surface area (Å²) < 4.78 is 9.52. The highest BCUT2D eigenvalue weighted by atomic mass is 35.5. The third-order valence-corrected chi connectivity index (χ3v) is 4.60. The Labute approximate surface area is 88.1 Å². The number of rotatable bonds is 7. The molecule has 0 bridgehead atoms. The van der Waals surface area contributed by atoms with E-state index in [-0.39, 0.29) is 0 Å². The maximum atomic E-state index is 5.52. The molecule has 0 aromatic heterocycles. The quantitative estimate of drug-likeness (QED) is 0.621. The van der Waals surface area contributed by atoms with Gasteiger partial charge in [0.15, 0.2) is 0 Å².